The van der Waals surface area contributed by atoms with Crippen molar-refractivity contribution in [2.75, 3.05) is 0 Å². The maximum absolute atomic E-state index is 9.21. The van der Waals surface area contributed by atoms with E-state index in [2.05, 4.69) is 0 Å². The number of hydrogen-bond acceptors (Lipinski definition) is 2. The first-order valence-corrected chi connectivity index (χ1v) is 4.13. The predicted molar refractivity (Wildman–Crippen MR) is 40.9 cm³/mol. The minimum Gasteiger partial charge on any atom is -0.381 e. The summed E-state index contributed by atoms with van der Waals surface area (Å²) in [4.78, 5) is 0. The van der Waals surface area contributed by atoms with Gasteiger partial charge >= 0.3 is 0 Å². The fraction of sp³-hybridized carbons (Fsp3) is 0.571. The van der Waals surface area contributed by atoms with Crippen molar-refractivity contribution in [3.05, 3.63) is 16.1 Å². The van der Waals surface area contributed by atoms with Gasteiger partial charge in [-0.25, -0.2) is 0 Å². The summed E-state index contributed by atoms with van der Waals surface area (Å²) in [6.07, 6.45) is -0.344. The average molecular weight is 158 g/mol. The van der Waals surface area contributed by atoms with Gasteiger partial charge in [-0.2, -0.15) is 4.57 Å². The summed E-state index contributed by atoms with van der Waals surface area (Å²) in [6.45, 7) is 3.81. The van der Waals surface area contributed by atoms with Gasteiger partial charge in [0.05, 0.1) is 5.38 Å². The molecule has 0 spiro atoms. The van der Waals surface area contributed by atoms with Crippen LogP contribution in [0.25, 0.3) is 0 Å². The van der Waals surface area contributed by atoms with E-state index in [-0.39, 0.29) is 6.10 Å². The van der Waals surface area contributed by atoms with Gasteiger partial charge in [0, 0.05) is 6.92 Å². The summed E-state index contributed by atoms with van der Waals surface area (Å²) in [6, 6.07) is 0. The second-order valence-electron chi connectivity index (χ2n) is 2.45. The Kier molecular flexibility index (Phi) is 2.06. The van der Waals surface area contributed by atoms with Gasteiger partial charge in [0.1, 0.15) is 13.2 Å². The number of rotatable bonds is 1. The van der Waals surface area contributed by atoms with Crippen LogP contribution in [-0.4, -0.2) is 5.11 Å². The van der Waals surface area contributed by atoms with Gasteiger partial charge in [0.25, 0.3) is 5.01 Å². The first-order chi connectivity index (χ1) is 4.63. The van der Waals surface area contributed by atoms with Crippen LogP contribution >= 0.6 is 11.3 Å². The molecule has 0 radical (unpaired) electrons. The molecule has 2 nitrogen and oxygen atoms in total. The molecule has 1 aromatic rings. The Hall–Kier alpha value is -0.410. The van der Waals surface area contributed by atoms with Crippen LogP contribution < -0.4 is 4.57 Å². The van der Waals surface area contributed by atoms with Crippen molar-refractivity contribution in [3.63, 3.8) is 0 Å². The first kappa shape index (κ1) is 7.69. The molecule has 0 saturated heterocycles. The van der Waals surface area contributed by atoms with Gasteiger partial charge in [0.15, 0.2) is 5.69 Å². The molecule has 10 heavy (non-hydrogen) atoms. The highest BCUT2D eigenvalue weighted by atomic mass is 32.1. The SMILES string of the molecule is Cc1csc(C(C)O)[n+]1C. The highest BCUT2D eigenvalue weighted by molar-refractivity contribution is 7.09. The molecule has 1 atom stereocenters. The number of aryl methyl sites for hydroxylation is 1. The number of aromatic nitrogens is 1. The second-order valence-corrected chi connectivity index (χ2v) is 3.34. The monoisotopic (exact) mass is 158 g/mol. The third-order valence-electron chi connectivity index (χ3n) is 1.57. The lowest BCUT2D eigenvalue weighted by Gasteiger charge is -1.94. The standard InChI is InChI=1S/C7H12NOS/c1-5-4-10-7(6(2)9)8(5)3/h4,6,9H,1-3H3/q+1. The van der Waals surface area contributed by atoms with Gasteiger partial charge in [-0.15, -0.1) is 0 Å². The zero-order valence-electron chi connectivity index (χ0n) is 6.46. The van der Waals surface area contributed by atoms with Crippen molar-refractivity contribution < 1.29 is 9.67 Å². The van der Waals surface area contributed by atoms with Crippen LogP contribution in [0.5, 0.6) is 0 Å². The van der Waals surface area contributed by atoms with E-state index in [1.807, 2.05) is 23.9 Å². The summed E-state index contributed by atoms with van der Waals surface area (Å²) < 4.78 is 2.01. The van der Waals surface area contributed by atoms with Crippen LogP contribution in [0, 0.1) is 6.92 Å². The number of thiazole rings is 1. The minimum absolute atomic E-state index is 0.344. The van der Waals surface area contributed by atoms with E-state index in [0.29, 0.717) is 0 Å². The van der Waals surface area contributed by atoms with Crippen LogP contribution in [0.3, 0.4) is 0 Å². The lowest BCUT2D eigenvalue weighted by Crippen LogP contribution is -2.34. The van der Waals surface area contributed by atoms with Crippen LogP contribution in [0.4, 0.5) is 0 Å². The molecule has 1 unspecified atom stereocenters. The maximum atomic E-state index is 9.21. The van der Waals surface area contributed by atoms with Crippen LogP contribution in [0.2, 0.25) is 0 Å². The lowest BCUT2D eigenvalue weighted by molar-refractivity contribution is -0.683. The molecule has 0 amide bonds. The Morgan fingerprint density at radius 2 is 2.30 bits per heavy atom. The summed E-state index contributed by atoms with van der Waals surface area (Å²) >= 11 is 1.60. The van der Waals surface area contributed by atoms with E-state index in [9.17, 15) is 5.11 Å². The van der Waals surface area contributed by atoms with Crippen LogP contribution in [0.1, 0.15) is 23.7 Å². The Morgan fingerprint density at radius 3 is 2.50 bits per heavy atom. The zero-order chi connectivity index (χ0) is 7.72. The molecule has 1 rings (SSSR count). The van der Waals surface area contributed by atoms with E-state index in [0.717, 1.165) is 5.01 Å². The Balaban J connectivity index is 3.05. The van der Waals surface area contributed by atoms with Crippen LogP contribution in [-0.2, 0) is 7.05 Å². The van der Waals surface area contributed by atoms with Gasteiger partial charge in [-0.05, 0) is 6.92 Å². The molecular weight excluding hydrogens is 146 g/mol. The molecule has 0 fully saturated rings. The van der Waals surface area contributed by atoms with E-state index in [1.165, 1.54) is 5.69 Å². The van der Waals surface area contributed by atoms with Gasteiger partial charge in [-0.1, -0.05) is 11.3 Å². The number of nitrogens with zero attached hydrogens (tertiary/aromatic N) is 1. The molecule has 0 saturated carbocycles. The smallest absolute Gasteiger partial charge is 0.265 e. The third-order valence-corrected chi connectivity index (χ3v) is 2.88. The van der Waals surface area contributed by atoms with Crippen molar-refractivity contribution >= 4 is 11.3 Å². The molecule has 0 aliphatic carbocycles. The topological polar surface area (TPSA) is 24.1 Å². The van der Waals surface area contributed by atoms with Crippen molar-refractivity contribution in [2.24, 2.45) is 7.05 Å². The number of aliphatic hydroxyl groups is 1. The fourth-order valence-electron chi connectivity index (χ4n) is 0.856. The third kappa shape index (κ3) is 1.20. The average Bonchev–Trinajstić information content (AvgIpc) is 2.14. The molecule has 1 N–H and O–H groups in total. The quantitative estimate of drug-likeness (QED) is 0.604. The van der Waals surface area contributed by atoms with E-state index < -0.39 is 0 Å². The molecular formula is C7H12NOS+. The van der Waals surface area contributed by atoms with E-state index in [4.69, 9.17) is 0 Å². The first-order valence-electron chi connectivity index (χ1n) is 3.25. The largest absolute Gasteiger partial charge is 0.381 e. The van der Waals surface area contributed by atoms with E-state index in [1.54, 1.807) is 18.3 Å². The number of hydrogen-bond donors (Lipinski definition) is 1. The summed E-state index contributed by atoms with van der Waals surface area (Å²) in [5.41, 5.74) is 1.20. The van der Waals surface area contributed by atoms with Gasteiger partial charge in [0.2, 0.25) is 0 Å². The second kappa shape index (κ2) is 2.68. The Morgan fingerprint density at radius 1 is 1.70 bits per heavy atom. The highest BCUT2D eigenvalue weighted by Gasteiger charge is 2.16. The Labute approximate surface area is 64.8 Å². The normalized spacial score (nSPS) is 13.6. The summed E-state index contributed by atoms with van der Waals surface area (Å²) in [5.74, 6) is 0. The molecule has 3 heteroatoms. The predicted octanol–water partition coefficient (Wildman–Crippen LogP) is 0.934. The lowest BCUT2D eigenvalue weighted by atomic mass is 10.4. The number of aliphatic hydroxyl groups excluding tert-OH is 1. The van der Waals surface area contributed by atoms with Gasteiger partial charge < -0.3 is 5.11 Å². The highest BCUT2D eigenvalue weighted by Crippen LogP contribution is 2.13. The molecule has 0 bridgehead atoms. The van der Waals surface area contributed by atoms with Crippen molar-refractivity contribution in [1.29, 1.82) is 0 Å². The Bertz CT molecular complexity index is 230. The maximum Gasteiger partial charge on any atom is 0.265 e. The molecule has 56 valence electrons. The molecule has 0 aromatic carbocycles. The molecule has 1 heterocycles. The molecule has 0 aliphatic heterocycles. The molecule has 0 aliphatic rings. The van der Waals surface area contributed by atoms with Crippen molar-refractivity contribution in [1.82, 2.24) is 0 Å². The summed E-state index contributed by atoms with van der Waals surface area (Å²) in [7, 11) is 1.97. The van der Waals surface area contributed by atoms with Crippen molar-refractivity contribution in [2.45, 2.75) is 20.0 Å². The fourth-order valence-corrected chi connectivity index (χ4v) is 1.80. The minimum atomic E-state index is -0.344. The van der Waals surface area contributed by atoms with Gasteiger partial charge in [-0.3, -0.25) is 0 Å². The van der Waals surface area contributed by atoms with Crippen LogP contribution in [0.15, 0.2) is 5.38 Å². The van der Waals surface area contributed by atoms with E-state index >= 15 is 0 Å². The van der Waals surface area contributed by atoms with Crippen molar-refractivity contribution in [3.8, 4) is 0 Å². The summed E-state index contributed by atoms with van der Waals surface area (Å²) in [5, 5.41) is 12.3. The zero-order valence-corrected chi connectivity index (χ0v) is 7.27. The molecule has 1 aromatic heterocycles.